The van der Waals surface area contributed by atoms with Crippen LogP contribution in [0.1, 0.15) is 38.6 Å². The summed E-state index contributed by atoms with van der Waals surface area (Å²) in [6.07, 6.45) is 2.94. The van der Waals surface area contributed by atoms with Gasteiger partial charge in [0.15, 0.2) is 0 Å². The first-order valence-corrected chi connectivity index (χ1v) is 8.04. The molecule has 0 saturated heterocycles. The Morgan fingerprint density at radius 2 is 1.95 bits per heavy atom. The van der Waals surface area contributed by atoms with Crippen LogP contribution in [0.3, 0.4) is 0 Å². The zero-order valence-electron chi connectivity index (χ0n) is 13.5. The minimum atomic E-state index is 0.438. The molecule has 1 rings (SSSR count). The molecule has 0 aliphatic heterocycles. The first-order valence-electron chi connectivity index (χ1n) is 7.67. The topological polar surface area (TPSA) is 33.1 Å². The number of hydrogen-bond acceptors (Lipinski definition) is 3. The van der Waals surface area contributed by atoms with E-state index in [-0.39, 0.29) is 0 Å². The number of nitrogens with zero attached hydrogens (tertiary/aromatic N) is 3. The highest BCUT2D eigenvalue weighted by Crippen LogP contribution is 2.22. The lowest BCUT2D eigenvalue weighted by Crippen LogP contribution is -2.34. The predicted octanol–water partition coefficient (Wildman–Crippen LogP) is 2.50. The predicted molar refractivity (Wildman–Crippen MR) is 86.6 cm³/mol. The van der Waals surface area contributed by atoms with E-state index in [1.54, 1.807) is 0 Å². The van der Waals surface area contributed by atoms with Crippen molar-refractivity contribution in [1.29, 1.82) is 0 Å². The van der Waals surface area contributed by atoms with Crippen molar-refractivity contribution in [2.75, 3.05) is 26.7 Å². The molecule has 1 aromatic heterocycles. The van der Waals surface area contributed by atoms with Gasteiger partial charge in [0.05, 0.1) is 16.4 Å². The van der Waals surface area contributed by atoms with Crippen molar-refractivity contribution in [2.24, 2.45) is 7.05 Å². The Hall–Kier alpha value is -0.580. The van der Waals surface area contributed by atoms with E-state index in [1.807, 2.05) is 18.8 Å². The molecule has 0 bridgehead atoms. The molecule has 0 saturated carbocycles. The van der Waals surface area contributed by atoms with Crippen LogP contribution >= 0.6 is 11.6 Å². The van der Waals surface area contributed by atoms with Crippen molar-refractivity contribution >= 4 is 11.6 Å². The third-order valence-electron chi connectivity index (χ3n) is 4.04. The van der Waals surface area contributed by atoms with Gasteiger partial charge in [-0.25, -0.2) is 0 Å². The van der Waals surface area contributed by atoms with Gasteiger partial charge in [0.25, 0.3) is 0 Å². The molecule has 0 amide bonds. The largest absolute Gasteiger partial charge is 0.317 e. The summed E-state index contributed by atoms with van der Waals surface area (Å²) < 4.78 is 1.93. The molecule has 0 spiro atoms. The number of hydrogen-bond donors (Lipinski definition) is 1. The SMILES string of the molecule is CCc1nn(C)c(CC(CCN(CC)CC)NC)c1Cl. The second-order valence-corrected chi connectivity index (χ2v) is 5.57. The molecule has 4 nitrogen and oxygen atoms in total. The molecule has 0 aromatic carbocycles. The van der Waals surface area contributed by atoms with E-state index in [1.165, 1.54) is 0 Å². The van der Waals surface area contributed by atoms with Crippen LogP contribution in [0, 0.1) is 0 Å². The van der Waals surface area contributed by atoms with E-state index in [0.717, 1.165) is 55.3 Å². The number of nitrogens with one attached hydrogen (secondary N) is 1. The van der Waals surface area contributed by atoms with Gasteiger partial charge in [-0.05, 0) is 39.5 Å². The van der Waals surface area contributed by atoms with Gasteiger partial charge in [0.1, 0.15) is 0 Å². The smallest absolute Gasteiger partial charge is 0.0850 e. The second kappa shape index (κ2) is 8.65. The van der Waals surface area contributed by atoms with Gasteiger partial charge in [0.2, 0.25) is 0 Å². The van der Waals surface area contributed by atoms with Crippen molar-refractivity contribution in [3.8, 4) is 0 Å². The molecule has 116 valence electrons. The van der Waals surface area contributed by atoms with Gasteiger partial charge in [-0.15, -0.1) is 0 Å². The van der Waals surface area contributed by atoms with E-state index in [9.17, 15) is 0 Å². The van der Waals surface area contributed by atoms with Gasteiger partial charge < -0.3 is 10.2 Å². The fourth-order valence-electron chi connectivity index (χ4n) is 2.50. The Labute approximate surface area is 128 Å². The quantitative estimate of drug-likeness (QED) is 0.761. The molecule has 1 atom stereocenters. The van der Waals surface area contributed by atoms with E-state index < -0.39 is 0 Å². The number of rotatable bonds is 9. The molecule has 1 N–H and O–H groups in total. The van der Waals surface area contributed by atoms with Crippen LogP contribution in [-0.2, 0) is 19.9 Å². The molecular weight excluding hydrogens is 272 g/mol. The molecule has 20 heavy (non-hydrogen) atoms. The van der Waals surface area contributed by atoms with Crippen LogP contribution < -0.4 is 5.32 Å². The highest BCUT2D eigenvalue weighted by atomic mass is 35.5. The lowest BCUT2D eigenvalue weighted by Gasteiger charge is -2.22. The molecule has 1 unspecified atom stereocenters. The molecular formula is C15H29ClN4. The number of aryl methyl sites for hydroxylation is 2. The minimum absolute atomic E-state index is 0.438. The zero-order chi connectivity index (χ0) is 15.1. The third kappa shape index (κ3) is 4.47. The van der Waals surface area contributed by atoms with Crippen LogP contribution in [-0.4, -0.2) is 47.4 Å². The van der Waals surface area contributed by atoms with Crippen molar-refractivity contribution in [3.63, 3.8) is 0 Å². The number of halogens is 1. The van der Waals surface area contributed by atoms with E-state index in [2.05, 4.69) is 36.1 Å². The second-order valence-electron chi connectivity index (χ2n) is 5.19. The molecule has 0 aliphatic rings. The van der Waals surface area contributed by atoms with E-state index in [4.69, 9.17) is 11.6 Å². The van der Waals surface area contributed by atoms with Crippen LogP contribution in [0.4, 0.5) is 0 Å². The monoisotopic (exact) mass is 300 g/mol. The molecule has 5 heteroatoms. The number of aromatic nitrogens is 2. The van der Waals surface area contributed by atoms with Gasteiger partial charge in [0, 0.05) is 19.5 Å². The van der Waals surface area contributed by atoms with Crippen molar-refractivity contribution in [1.82, 2.24) is 20.0 Å². The highest BCUT2D eigenvalue weighted by Gasteiger charge is 2.17. The summed E-state index contributed by atoms with van der Waals surface area (Å²) in [7, 11) is 4.01. The summed E-state index contributed by atoms with van der Waals surface area (Å²) >= 11 is 6.43. The molecule has 0 fully saturated rings. The fourth-order valence-corrected chi connectivity index (χ4v) is 2.87. The Kier molecular flexibility index (Phi) is 7.56. The van der Waals surface area contributed by atoms with E-state index >= 15 is 0 Å². The maximum atomic E-state index is 6.43. The summed E-state index contributed by atoms with van der Waals surface area (Å²) in [5, 5.41) is 8.74. The summed E-state index contributed by atoms with van der Waals surface area (Å²) in [6, 6.07) is 0.438. The number of likely N-dealkylation sites (N-methyl/N-ethyl adjacent to an activating group) is 1. The van der Waals surface area contributed by atoms with Crippen LogP contribution in [0.5, 0.6) is 0 Å². The van der Waals surface area contributed by atoms with Crippen LogP contribution in [0.15, 0.2) is 0 Å². The summed E-state index contributed by atoms with van der Waals surface area (Å²) in [5.74, 6) is 0. The van der Waals surface area contributed by atoms with Gasteiger partial charge >= 0.3 is 0 Å². The van der Waals surface area contributed by atoms with E-state index in [0.29, 0.717) is 6.04 Å². The van der Waals surface area contributed by atoms with Crippen molar-refractivity contribution < 1.29 is 0 Å². The highest BCUT2D eigenvalue weighted by molar-refractivity contribution is 6.31. The van der Waals surface area contributed by atoms with Gasteiger partial charge in [-0.2, -0.15) is 5.10 Å². The summed E-state index contributed by atoms with van der Waals surface area (Å²) in [4.78, 5) is 2.45. The van der Waals surface area contributed by atoms with Crippen molar-refractivity contribution in [2.45, 2.75) is 46.1 Å². The molecule has 1 aromatic rings. The van der Waals surface area contributed by atoms with Crippen molar-refractivity contribution in [3.05, 3.63) is 16.4 Å². The molecule has 0 radical (unpaired) electrons. The Bertz CT molecular complexity index is 399. The molecule has 1 heterocycles. The summed E-state index contributed by atoms with van der Waals surface area (Å²) in [6.45, 7) is 9.86. The maximum Gasteiger partial charge on any atom is 0.0850 e. The summed E-state index contributed by atoms with van der Waals surface area (Å²) in [5.41, 5.74) is 2.14. The minimum Gasteiger partial charge on any atom is -0.317 e. The zero-order valence-corrected chi connectivity index (χ0v) is 14.3. The fraction of sp³-hybridized carbons (Fsp3) is 0.800. The van der Waals surface area contributed by atoms with Crippen LogP contribution in [0.25, 0.3) is 0 Å². The first-order chi connectivity index (χ1) is 9.57. The lowest BCUT2D eigenvalue weighted by molar-refractivity contribution is 0.282. The average Bonchev–Trinajstić information content (AvgIpc) is 2.73. The Balaban J connectivity index is 2.66. The van der Waals surface area contributed by atoms with Gasteiger partial charge in [-0.3, -0.25) is 4.68 Å². The first kappa shape index (κ1) is 17.5. The normalized spacial score (nSPS) is 13.2. The van der Waals surface area contributed by atoms with Crippen LogP contribution in [0.2, 0.25) is 5.02 Å². The Morgan fingerprint density at radius 3 is 2.40 bits per heavy atom. The lowest BCUT2D eigenvalue weighted by atomic mass is 10.1. The Morgan fingerprint density at radius 1 is 1.30 bits per heavy atom. The third-order valence-corrected chi connectivity index (χ3v) is 4.48. The maximum absolute atomic E-state index is 6.43. The van der Waals surface area contributed by atoms with Gasteiger partial charge in [-0.1, -0.05) is 32.4 Å². The molecule has 0 aliphatic carbocycles. The average molecular weight is 301 g/mol. The standard InChI is InChI=1S/C15H29ClN4/c1-6-13-15(16)14(19(5)18-13)11-12(17-4)9-10-20(7-2)8-3/h12,17H,6-11H2,1-5H3.